The van der Waals surface area contributed by atoms with Crippen LogP contribution in [-0.4, -0.2) is 37.2 Å². The molecule has 6 heteroatoms. The van der Waals surface area contributed by atoms with E-state index in [0.717, 1.165) is 39.6 Å². The largest absolute Gasteiger partial charge is 0.507 e. The van der Waals surface area contributed by atoms with Crippen LogP contribution < -0.4 is 0 Å². The number of sulfone groups is 1. The zero-order valence-corrected chi connectivity index (χ0v) is 16.2. The highest BCUT2D eigenvalue weighted by molar-refractivity contribution is 9.10. The predicted octanol–water partition coefficient (Wildman–Crippen LogP) is 3.85. The van der Waals surface area contributed by atoms with Crippen molar-refractivity contribution >= 4 is 31.8 Å². The number of ether oxygens (including phenoxy) is 1. The van der Waals surface area contributed by atoms with Crippen molar-refractivity contribution in [2.75, 3.05) is 12.4 Å². The first kappa shape index (κ1) is 17.7. The summed E-state index contributed by atoms with van der Waals surface area (Å²) in [6.07, 6.45) is 3.40. The molecule has 2 aliphatic heterocycles. The molecule has 4 nitrogen and oxygen atoms in total. The normalized spacial score (nSPS) is 26.0. The molecule has 0 amide bonds. The quantitative estimate of drug-likeness (QED) is 0.762. The van der Waals surface area contributed by atoms with Crippen molar-refractivity contribution < 1.29 is 18.3 Å². The molecule has 1 aromatic rings. The van der Waals surface area contributed by atoms with Crippen molar-refractivity contribution in [2.24, 2.45) is 0 Å². The van der Waals surface area contributed by atoms with Crippen molar-refractivity contribution in [1.29, 1.82) is 0 Å². The van der Waals surface area contributed by atoms with Gasteiger partial charge in [-0.2, -0.15) is 0 Å². The number of phenols is 1. The predicted molar refractivity (Wildman–Crippen MR) is 98.7 cm³/mol. The highest BCUT2D eigenvalue weighted by Gasteiger charge is 2.45. The average molecular weight is 413 g/mol. The van der Waals surface area contributed by atoms with Crippen LogP contribution in [-0.2, 0) is 14.6 Å². The van der Waals surface area contributed by atoms with Gasteiger partial charge in [0, 0.05) is 10.0 Å². The SMILES string of the molecule is CC1=C2[C@@H](CC/C(C)=C/c3cc(Br)ccc3O)OC[C@@H]2S(=O)(=O)C1. The molecule has 2 heterocycles. The molecule has 1 aromatic carbocycles. The van der Waals surface area contributed by atoms with E-state index in [9.17, 15) is 13.5 Å². The lowest BCUT2D eigenvalue weighted by atomic mass is 9.97. The second kappa shape index (κ2) is 6.65. The highest BCUT2D eigenvalue weighted by Crippen LogP contribution is 2.38. The Hall–Kier alpha value is -1.11. The molecule has 0 aliphatic carbocycles. The monoisotopic (exact) mass is 412 g/mol. The van der Waals surface area contributed by atoms with E-state index in [2.05, 4.69) is 15.9 Å². The highest BCUT2D eigenvalue weighted by atomic mass is 79.9. The summed E-state index contributed by atoms with van der Waals surface area (Å²) >= 11 is 3.40. The van der Waals surface area contributed by atoms with Crippen LogP contribution in [0.2, 0.25) is 0 Å². The van der Waals surface area contributed by atoms with E-state index < -0.39 is 15.1 Å². The Kier molecular flexibility index (Phi) is 4.91. The van der Waals surface area contributed by atoms with Gasteiger partial charge < -0.3 is 9.84 Å². The molecule has 130 valence electrons. The van der Waals surface area contributed by atoms with Crippen LogP contribution in [0.1, 0.15) is 32.3 Å². The average Bonchev–Trinajstić information content (AvgIpc) is 3.02. The lowest BCUT2D eigenvalue weighted by Gasteiger charge is -2.13. The summed E-state index contributed by atoms with van der Waals surface area (Å²) in [6.45, 7) is 4.20. The van der Waals surface area contributed by atoms with Crippen molar-refractivity contribution in [2.45, 2.75) is 38.0 Å². The number of aromatic hydroxyl groups is 1. The molecule has 3 rings (SSSR count). The Balaban J connectivity index is 1.69. The van der Waals surface area contributed by atoms with Gasteiger partial charge in [0.2, 0.25) is 0 Å². The molecule has 1 N–H and O–H groups in total. The van der Waals surface area contributed by atoms with Gasteiger partial charge in [0.1, 0.15) is 11.0 Å². The van der Waals surface area contributed by atoms with Gasteiger partial charge in [-0.05, 0) is 50.5 Å². The molecule has 0 saturated carbocycles. The van der Waals surface area contributed by atoms with E-state index in [4.69, 9.17) is 4.74 Å². The third-order valence-electron chi connectivity index (χ3n) is 4.68. The zero-order valence-electron chi connectivity index (χ0n) is 13.8. The minimum Gasteiger partial charge on any atom is -0.507 e. The zero-order chi connectivity index (χ0) is 17.5. The van der Waals surface area contributed by atoms with Gasteiger partial charge in [0.15, 0.2) is 9.84 Å². The molecule has 0 bridgehead atoms. The summed E-state index contributed by atoms with van der Waals surface area (Å²) in [7, 11) is -3.06. The molecule has 0 unspecified atom stereocenters. The van der Waals surface area contributed by atoms with E-state index in [-0.39, 0.29) is 24.2 Å². The number of benzene rings is 1. The van der Waals surface area contributed by atoms with Gasteiger partial charge in [-0.25, -0.2) is 8.42 Å². The molecular weight excluding hydrogens is 392 g/mol. The number of halogens is 1. The molecule has 1 fully saturated rings. The van der Waals surface area contributed by atoms with Crippen LogP contribution in [0, 0.1) is 0 Å². The van der Waals surface area contributed by atoms with E-state index in [1.54, 1.807) is 12.1 Å². The maximum atomic E-state index is 12.1. The molecule has 0 radical (unpaired) electrons. The van der Waals surface area contributed by atoms with Gasteiger partial charge in [-0.15, -0.1) is 0 Å². The molecular formula is C18H21BrO4S. The Morgan fingerprint density at radius 3 is 2.96 bits per heavy atom. The number of hydrogen-bond acceptors (Lipinski definition) is 4. The van der Waals surface area contributed by atoms with Crippen LogP contribution in [0.15, 0.2) is 39.4 Å². The fraction of sp³-hybridized carbons (Fsp3) is 0.444. The Morgan fingerprint density at radius 2 is 2.21 bits per heavy atom. The summed E-state index contributed by atoms with van der Waals surface area (Å²) in [5.74, 6) is 0.420. The third kappa shape index (κ3) is 3.46. The van der Waals surface area contributed by atoms with Crippen molar-refractivity contribution in [3.05, 3.63) is 45.0 Å². The summed E-state index contributed by atoms with van der Waals surface area (Å²) in [6, 6.07) is 5.33. The number of fused-ring (bicyclic) bond motifs is 1. The summed E-state index contributed by atoms with van der Waals surface area (Å²) in [5.41, 5.74) is 3.82. The Labute approximate surface area is 151 Å². The van der Waals surface area contributed by atoms with E-state index in [0.29, 0.717) is 0 Å². The van der Waals surface area contributed by atoms with Crippen LogP contribution in [0.5, 0.6) is 5.75 Å². The van der Waals surface area contributed by atoms with E-state index >= 15 is 0 Å². The molecule has 1 saturated heterocycles. The lowest BCUT2D eigenvalue weighted by Crippen LogP contribution is -2.19. The Bertz CT molecular complexity index is 823. The standard InChI is InChI=1S/C18H21BrO4S/c1-11(7-13-8-14(19)4-5-15(13)20)3-6-16-18-12(2)10-24(21,22)17(18)9-23-16/h4-5,7-8,16-17,20H,3,6,9-10H2,1-2H3/b11-7+/t16-,17+/m1/s1. The second-order valence-electron chi connectivity index (χ2n) is 6.59. The van der Waals surface area contributed by atoms with Crippen LogP contribution in [0.3, 0.4) is 0 Å². The molecule has 2 aliphatic rings. The lowest BCUT2D eigenvalue weighted by molar-refractivity contribution is 0.118. The summed E-state index contributed by atoms with van der Waals surface area (Å²) < 4.78 is 30.8. The van der Waals surface area contributed by atoms with Crippen molar-refractivity contribution in [3.63, 3.8) is 0 Å². The molecule has 0 spiro atoms. The fourth-order valence-corrected chi connectivity index (χ4v) is 5.88. The van der Waals surface area contributed by atoms with Crippen molar-refractivity contribution in [3.8, 4) is 5.75 Å². The summed E-state index contributed by atoms with van der Waals surface area (Å²) in [4.78, 5) is 0. The Morgan fingerprint density at radius 1 is 1.46 bits per heavy atom. The molecule has 2 atom stereocenters. The van der Waals surface area contributed by atoms with E-state index in [1.165, 1.54) is 0 Å². The number of rotatable bonds is 4. The summed E-state index contributed by atoms with van der Waals surface area (Å²) in [5, 5.41) is 9.49. The first-order valence-corrected chi connectivity index (χ1v) is 10.5. The third-order valence-corrected chi connectivity index (χ3v) is 7.26. The van der Waals surface area contributed by atoms with Crippen LogP contribution in [0.4, 0.5) is 0 Å². The van der Waals surface area contributed by atoms with E-state index in [1.807, 2.05) is 26.0 Å². The minimum atomic E-state index is -3.06. The van der Waals surface area contributed by atoms with Gasteiger partial charge >= 0.3 is 0 Å². The van der Waals surface area contributed by atoms with Gasteiger partial charge in [-0.1, -0.05) is 33.2 Å². The fourth-order valence-electron chi connectivity index (χ4n) is 3.50. The first-order valence-electron chi connectivity index (χ1n) is 7.96. The number of hydrogen-bond donors (Lipinski definition) is 1. The smallest absolute Gasteiger partial charge is 0.163 e. The van der Waals surface area contributed by atoms with Gasteiger partial charge in [0.05, 0.1) is 18.5 Å². The molecule has 24 heavy (non-hydrogen) atoms. The van der Waals surface area contributed by atoms with Crippen LogP contribution in [0.25, 0.3) is 6.08 Å². The minimum absolute atomic E-state index is 0.105. The topological polar surface area (TPSA) is 63.6 Å². The van der Waals surface area contributed by atoms with Gasteiger partial charge in [-0.3, -0.25) is 0 Å². The number of phenolic OH excluding ortho intramolecular Hbond substituents is 1. The molecule has 0 aromatic heterocycles. The maximum Gasteiger partial charge on any atom is 0.163 e. The van der Waals surface area contributed by atoms with Crippen LogP contribution >= 0.6 is 15.9 Å². The first-order chi connectivity index (χ1) is 11.3. The van der Waals surface area contributed by atoms with Gasteiger partial charge in [0.25, 0.3) is 0 Å². The second-order valence-corrected chi connectivity index (χ2v) is 9.69. The maximum absolute atomic E-state index is 12.1. The van der Waals surface area contributed by atoms with Crippen molar-refractivity contribution in [1.82, 2.24) is 0 Å². The number of allylic oxidation sites excluding steroid dienone is 1.